The van der Waals surface area contributed by atoms with E-state index in [-0.39, 0.29) is 0 Å². The van der Waals surface area contributed by atoms with Crippen LogP contribution < -0.4 is 5.32 Å². The van der Waals surface area contributed by atoms with Gasteiger partial charge < -0.3 is 10.2 Å². The number of benzene rings is 2. The molecule has 2 aliphatic rings. The van der Waals surface area contributed by atoms with Gasteiger partial charge in [-0.05, 0) is 60.4 Å². The molecule has 1 fully saturated rings. The molecule has 1 N–H and O–H groups in total. The molecule has 0 saturated carbocycles. The number of fused-ring (bicyclic) bond motifs is 2. The van der Waals surface area contributed by atoms with Crippen LogP contribution in [0.1, 0.15) is 24.0 Å². The van der Waals surface area contributed by atoms with Gasteiger partial charge in [-0.1, -0.05) is 47.6 Å². The molecule has 2 aromatic rings. The quantitative estimate of drug-likeness (QED) is 0.656. The molecule has 0 radical (unpaired) electrons. The van der Waals surface area contributed by atoms with E-state index in [9.17, 15) is 0 Å². The highest BCUT2D eigenvalue weighted by atomic mass is 35.5. The van der Waals surface area contributed by atoms with E-state index in [2.05, 4.69) is 52.7 Å². The number of halogens is 1. The first kappa shape index (κ1) is 17.2. The third-order valence-electron chi connectivity index (χ3n) is 4.87. The molecule has 0 aliphatic carbocycles. The zero-order valence-electron chi connectivity index (χ0n) is 14.3. The average molecular weight is 371 g/mol. The molecule has 0 unspecified atom stereocenters. The minimum Gasteiger partial charge on any atom is -0.314 e. The van der Waals surface area contributed by atoms with Crippen molar-refractivity contribution < 1.29 is 0 Å². The summed E-state index contributed by atoms with van der Waals surface area (Å²) >= 11 is 8.13. The summed E-state index contributed by atoms with van der Waals surface area (Å²) in [6, 6.07) is 14.9. The van der Waals surface area contributed by atoms with Gasteiger partial charge in [-0.15, -0.1) is 0 Å². The molecule has 0 spiro atoms. The molecular weight excluding hydrogens is 348 g/mol. The number of hydrogen-bond donors (Lipinski definition) is 1. The second-order valence-corrected chi connectivity index (χ2v) is 8.11. The first-order valence-corrected chi connectivity index (χ1v) is 10.2. The lowest BCUT2D eigenvalue weighted by Crippen LogP contribution is -2.43. The lowest BCUT2D eigenvalue weighted by Gasteiger charge is -2.27. The summed E-state index contributed by atoms with van der Waals surface area (Å²) in [5.74, 6) is 0. The van der Waals surface area contributed by atoms with Crippen molar-refractivity contribution in [2.75, 3.05) is 32.7 Å². The van der Waals surface area contributed by atoms with Gasteiger partial charge in [0.15, 0.2) is 0 Å². The fraction of sp³-hybridized carbons (Fsp3) is 0.333. The van der Waals surface area contributed by atoms with E-state index in [1.807, 2.05) is 17.8 Å². The molecule has 25 heavy (non-hydrogen) atoms. The Hall–Kier alpha value is -1.26. The standard InChI is InChI=1S/C21H23ClN2S/c22-16-8-9-21-19(15-16)17(18-6-1-2-7-20(18)25-21)5-3-4-12-24-13-10-23-11-14-24/h1-2,5-9,15,23H,3-4,10-14H2/b17-5+. The number of piperazine rings is 1. The van der Waals surface area contributed by atoms with E-state index < -0.39 is 0 Å². The first-order valence-electron chi connectivity index (χ1n) is 9.02. The monoisotopic (exact) mass is 370 g/mol. The summed E-state index contributed by atoms with van der Waals surface area (Å²) in [4.78, 5) is 5.20. The van der Waals surface area contributed by atoms with Crippen molar-refractivity contribution in [3.63, 3.8) is 0 Å². The second-order valence-electron chi connectivity index (χ2n) is 6.59. The predicted molar refractivity (Wildman–Crippen MR) is 108 cm³/mol. The van der Waals surface area contributed by atoms with Gasteiger partial charge in [0.25, 0.3) is 0 Å². The van der Waals surface area contributed by atoms with Crippen molar-refractivity contribution in [2.24, 2.45) is 0 Å². The maximum absolute atomic E-state index is 6.28. The SMILES string of the molecule is Clc1ccc2c(c1)/C(=C/CCCN1CCNCC1)c1ccccc1S2. The molecule has 2 heterocycles. The largest absolute Gasteiger partial charge is 0.314 e. The maximum Gasteiger partial charge on any atom is 0.0412 e. The molecule has 130 valence electrons. The van der Waals surface area contributed by atoms with Crippen molar-refractivity contribution in [3.05, 3.63) is 64.7 Å². The van der Waals surface area contributed by atoms with Crippen molar-refractivity contribution in [1.82, 2.24) is 10.2 Å². The van der Waals surface area contributed by atoms with E-state index in [0.29, 0.717) is 0 Å². The van der Waals surface area contributed by atoms with Crippen LogP contribution >= 0.6 is 23.4 Å². The Morgan fingerprint density at radius 2 is 1.84 bits per heavy atom. The minimum atomic E-state index is 0.811. The third kappa shape index (κ3) is 3.95. The first-order chi connectivity index (χ1) is 12.3. The molecule has 0 aromatic heterocycles. The number of unbranched alkanes of at least 4 members (excludes halogenated alkanes) is 1. The highest BCUT2D eigenvalue weighted by Crippen LogP contribution is 2.46. The molecule has 4 heteroatoms. The van der Waals surface area contributed by atoms with Crippen LogP contribution in [0, 0.1) is 0 Å². The Bertz CT molecular complexity index is 781. The van der Waals surface area contributed by atoms with Crippen molar-refractivity contribution in [3.8, 4) is 0 Å². The van der Waals surface area contributed by atoms with E-state index in [4.69, 9.17) is 11.6 Å². The average Bonchev–Trinajstić information content (AvgIpc) is 2.65. The lowest BCUT2D eigenvalue weighted by molar-refractivity contribution is 0.239. The molecule has 0 bridgehead atoms. The van der Waals surface area contributed by atoms with Gasteiger partial charge in [0.2, 0.25) is 0 Å². The molecule has 2 aliphatic heterocycles. The lowest BCUT2D eigenvalue weighted by atomic mass is 9.95. The van der Waals surface area contributed by atoms with Crippen LogP contribution in [0.25, 0.3) is 5.57 Å². The number of allylic oxidation sites excluding steroid dienone is 1. The zero-order chi connectivity index (χ0) is 17.1. The van der Waals surface area contributed by atoms with Crippen molar-refractivity contribution >= 4 is 28.9 Å². The fourth-order valence-electron chi connectivity index (χ4n) is 3.56. The van der Waals surface area contributed by atoms with Gasteiger partial charge in [0.1, 0.15) is 0 Å². The van der Waals surface area contributed by atoms with Crippen LogP contribution in [0.4, 0.5) is 0 Å². The summed E-state index contributed by atoms with van der Waals surface area (Å²) < 4.78 is 0. The van der Waals surface area contributed by atoms with Gasteiger partial charge in [-0.2, -0.15) is 0 Å². The van der Waals surface area contributed by atoms with Crippen LogP contribution in [-0.4, -0.2) is 37.6 Å². The minimum absolute atomic E-state index is 0.811. The topological polar surface area (TPSA) is 15.3 Å². The second kappa shape index (κ2) is 7.96. The summed E-state index contributed by atoms with van der Waals surface area (Å²) in [5.41, 5.74) is 3.95. The molecule has 2 aromatic carbocycles. The maximum atomic E-state index is 6.28. The Kier molecular flexibility index (Phi) is 5.47. The number of hydrogen-bond acceptors (Lipinski definition) is 3. The highest BCUT2D eigenvalue weighted by molar-refractivity contribution is 7.99. The van der Waals surface area contributed by atoms with Gasteiger partial charge >= 0.3 is 0 Å². The van der Waals surface area contributed by atoms with E-state index in [1.54, 1.807) is 0 Å². The van der Waals surface area contributed by atoms with E-state index >= 15 is 0 Å². The Morgan fingerprint density at radius 1 is 1.04 bits per heavy atom. The van der Waals surface area contributed by atoms with Crippen LogP contribution in [-0.2, 0) is 0 Å². The molecule has 0 amide bonds. The Labute approximate surface area is 159 Å². The summed E-state index contributed by atoms with van der Waals surface area (Å²) in [7, 11) is 0. The highest BCUT2D eigenvalue weighted by Gasteiger charge is 2.20. The molecular formula is C21H23ClN2S. The van der Waals surface area contributed by atoms with E-state index in [1.165, 1.54) is 52.5 Å². The van der Waals surface area contributed by atoms with Gasteiger partial charge in [-0.3, -0.25) is 0 Å². The normalized spacial score (nSPS) is 18.8. The number of nitrogens with one attached hydrogen (secondary N) is 1. The van der Waals surface area contributed by atoms with Crippen molar-refractivity contribution in [1.29, 1.82) is 0 Å². The Balaban J connectivity index is 1.54. The predicted octanol–water partition coefficient (Wildman–Crippen LogP) is 4.92. The summed E-state index contributed by atoms with van der Waals surface area (Å²) in [6.45, 7) is 5.78. The number of rotatable bonds is 4. The fourth-order valence-corrected chi connectivity index (χ4v) is 4.82. The van der Waals surface area contributed by atoms with Crippen LogP contribution in [0.5, 0.6) is 0 Å². The number of nitrogens with zero attached hydrogens (tertiary/aromatic N) is 1. The zero-order valence-corrected chi connectivity index (χ0v) is 15.9. The van der Waals surface area contributed by atoms with Gasteiger partial charge in [0, 0.05) is 41.0 Å². The molecule has 1 saturated heterocycles. The van der Waals surface area contributed by atoms with Gasteiger partial charge in [0.05, 0.1) is 0 Å². The molecule has 2 nitrogen and oxygen atoms in total. The Morgan fingerprint density at radius 3 is 2.72 bits per heavy atom. The molecule has 4 rings (SSSR count). The van der Waals surface area contributed by atoms with Crippen LogP contribution in [0.2, 0.25) is 5.02 Å². The van der Waals surface area contributed by atoms with Crippen LogP contribution in [0.15, 0.2) is 58.3 Å². The van der Waals surface area contributed by atoms with Gasteiger partial charge in [-0.25, -0.2) is 0 Å². The smallest absolute Gasteiger partial charge is 0.0412 e. The van der Waals surface area contributed by atoms with Crippen LogP contribution in [0.3, 0.4) is 0 Å². The van der Waals surface area contributed by atoms with Crippen molar-refractivity contribution in [2.45, 2.75) is 22.6 Å². The third-order valence-corrected chi connectivity index (χ3v) is 6.25. The summed E-state index contributed by atoms with van der Waals surface area (Å²) in [5, 5.41) is 4.23. The van der Waals surface area contributed by atoms with E-state index in [0.717, 1.165) is 24.5 Å². The summed E-state index contributed by atoms with van der Waals surface area (Å²) in [6.07, 6.45) is 4.72. The molecule has 0 atom stereocenters.